The summed E-state index contributed by atoms with van der Waals surface area (Å²) in [5, 5.41) is 12.3. The predicted molar refractivity (Wildman–Crippen MR) is 78.0 cm³/mol. The van der Waals surface area contributed by atoms with E-state index in [0.29, 0.717) is 23.5 Å². The molecule has 1 N–H and O–H groups in total. The Balaban J connectivity index is 1.81. The SMILES string of the molecule is N#Cc1cc(C=O)ccc1N1CCC2NC(=O)CCC2C1. The molecule has 2 unspecified atom stereocenters. The Morgan fingerprint density at radius 2 is 2.24 bits per heavy atom. The van der Waals surface area contributed by atoms with Gasteiger partial charge in [0, 0.05) is 31.1 Å². The Kier molecular flexibility index (Phi) is 3.61. The van der Waals surface area contributed by atoms with E-state index in [1.807, 2.05) is 6.07 Å². The first-order valence-corrected chi connectivity index (χ1v) is 7.25. The highest BCUT2D eigenvalue weighted by Crippen LogP contribution is 2.30. The maximum atomic E-state index is 11.4. The van der Waals surface area contributed by atoms with Gasteiger partial charge < -0.3 is 10.2 Å². The molecular weight excluding hydrogens is 266 g/mol. The minimum absolute atomic E-state index is 0.151. The zero-order chi connectivity index (χ0) is 14.8. The Labute approximate surface area is 123 Å². The van der Waals surface area contributed by atoms with Crippen LogP contribution >= 0.6 is 0 Å². The van der Waals surface area contributed by atoms with Crippen molar-refractivity contribution in [3.05, 3.63) is 29.3 Å². The van der Waals surface area contributed by atoms with Crippen LogP contribution < -0.4 is 10.2 Å². The normalized spacial score (nSPS) is 24.7. The van der Waals surface area contributed by atoms with Crippen molar-refractivity contribution in [1.29, 1.82) is 5.26 Å². The van der Waals surface area contributed by atoms with Crippen molar-refractivity contribution in [1.82, 2.24) is 5.32 Å². The topological polar surface area (TPSA) is 73.2 Å². The molecule has 2 fully saturated rings. The van der Waals surface area contributed by atoms with Crippen molar-refractivity contribution in [2.45, 2.75) is 25.3 Å². The van der Waals surface area contributed by atoms with E-state index in [2.05, 4.69) is 16.3 Å². The number of fused-ring (bicyclic) bond motifs is 1. The van der Waals surface area contributed by atoms with E-state index in [1.165, 1.54) is 0 Å². The molecule has 5 nitrogen and oxygen atoms in total. The maximum absolute atomic E-state index is 11.4. The first-order valence-electron chi connectivity index (χ1n) is 7.25. The summed E-state index contributed by atoms with van der Waals surface area (Å²) < 4.78 is 0. The number of anilines is 1. The Morgan fingerprint density at radius 3 is 3.00 bits per heavy atom. The van der Waals surface area contributed by atoms with E-state index < -0.39 is 0 Å². The summed E-state index contributed by atoms with van der Waals surface area (Å²) in [6.45, 7) is 1.66. The van der Waals surface area contributed by atoms with Crippen LogP contribution in [-0.4, -0.2) is 31.3 Å². The molecule has 2 saturated heterocycles. The van der Waals surface area contributed by atoms with E-state index >= 15 is 0 Å². The van der Waals surface area contributed by atoms with Gasteiger partial charge in [0.2, 0.25) is 5.91 Å². The van der Waals surface area contributed by atoms with Gasteiger partial charge in [-0.05, 0) is 37.0 Å². The summed E-state index contributed by atoms with van der Waals surface area (Å²) >= 11 is 0. The Morgan fingerprint density at radius 1 is 1.38 bits per heavy atom. The van der Waals surface area contributed by atoms with Crippen LogP contribution in [0.25, 0.3) is 0 Å². The lowest BCUT2D eigenvalue weighted by Gasteiger charge is -2.42. The average Bonchev–Trinajstić information content (AvgIpc) is 2.53. The number of rotatable bonds is 2. The molecule has 1 aromatic carbocycles. The summed E-state index contributed by atoms with van der Waals surface area (Å²) in [7, 11) is 0. The molecule has 1 aromatic rings. The standard InChI is InChI=1S/C16H17N3O2/c17-8-13-7-11(10-20)1-3-15(13)19-6-5-14-12(9-19)2-4-16(21)18-14/h1,3,7,10,12,14H,2,4-6,9H2,(H,18,21). The molecule has 5 heteroatoms. The summed E-state index contributed by atoms with van der Waals surface area (Å²) in [6, 6.07) is 7.68. The molecule has 2 heterocycles. The van der Waals surface area contributed by atoms with Crippen LogP contribution in [-0.2, 0) is 4.79 Å². The molecule has 0 aliphatic carbocycles. The number of hydrogen-bond donors (Lipinski definition) is 1. The van der Waals surface area contributed by atoms with Crippen molar-refractivity contribution >= 4 is 17.9 Å². The third kappa shape index (κ3) is 2.62. The molecule has 0 bridgehead atoms. The van der Waals surface area contributed by atoms with Crippen molar-refractivity contribution in [2.75, 3.05) is 18.0 Å². The lowest BCUT2D eigenvalue weighted by Crippen LogP contribution is -2.54. The number of carbonyl (C=O) groups excluding carboxylic acids is 2. The minimum Gasteiger partial charge on any atom is -0.370 e. The second kappa shape index (κ2) is 5.57. The number of nitriles is 1. The van der Waals surface area contributed by atoms with Crippen molar-refractivity contribution in [3.8, 4) is 6.07 Å². The summed E-state index contributed by atoms with van der Waals surface area (Å²) in [5.41, 5.74) is 1.95. The average molecular weight is 283 g/mol. The largest absolute Gasteiger partial charge is 0.370 e. The Bertz CT molecular complexity index is 620. The molecule has 0 aromatic heterocycles. The smallest absolute Gasteiger partial charge is 0.220 e. The maximum Gasteiger partial charge on any atom is 0.220 e. The van der Waals surface area contributed by atoms with Gasteiger partial charge in [0.1, 0.15) is 12.4 Å². The molecule has 21 heavy (non-hydrogen) atoms. The number of piperidine rings is 2. The van der Waals surface area contributed by atoms with Gasteiger partial charge in [0.05, 0.1) is 11.3 Å². The predicted octanol–water partition coefficient (Wildman–Crippen LogP) is 1.48. The van der Waals surface area contributed by atoms with Gasteiger partial charge in [-0.2, -0.15) is 5.26 Å². The third-order valence-corrected chi connectivity index (χ3v) is 4.44. The fourth-order valence-corrected chi connectivity index (χ4v) is 3.32. The highest BCUT2D eigenvalue weighted by atomic mass is 16.1. The molecule has 0 radical (unpaired) electrons. The van der Waals surface area contributed by atoms with Gasteiger partial charge in [-0.1, -0.05) is 0 Å². The van der Waals surface area contributed by atoms with Crippen LogP contribution in [0.4, 0.5) is 5.69 Å². The van der Waals surface area contributed by atoms with E-state index in [-0.39, 0.29) is 11.9 Å². The van der Waals surface area contributed by atoms with Gasteiger partial charge in [-0.3, -0.25) is 9.59 Å². The van der Waals surface area contributed by atoms with Crippen molar-refractivity contribution < 1.29 is 9.59 Å². The number of nitrogens with zero attached hydrogens (tertiary/aromatic N) is 2. The highest BCUT2D eigenvalue weighted by Gasteiger charge is 2.34. The van der Waals surface area contributed by atoms with Crippen LogP contribution in [0.15, 0.2) is 18.2 Å². The number of aldehydes is 1. The zero-order valence-electron chi connectivity index (χ0n) is 11.7. The summed E-state index contributed by atoms with van der Waals surface area (Å²) in [5.74, 6) is 0.589. The monoisotopic (exact) mass is 283 g/mol. The fraction of sp³-hybridized carbons (Fsp3) is 0.438. The molecule has 0 spiro atoms. The van der Waals surface area contributed by atoms with Crippen LogP contribution in [0.1, 0.15) is 35.2 Å². The molecule has 3 rings (SSSR count). The van der Waals surface area contributed by atoms with Gasteiger partial charge in [0.25, 0.3) is 0 Å². The quantitative estimate of drug-likeness (QED) is 0.834. The summed E-state index contributed by atoms with van der Waals surface area (Å²) in [6.07, 6.45) is 3.15. The highest BCUT2D eigenvalue weighted by molar-refractivity contribution is 5.78. The molecule has 108 valence electrons. The van der Waals surface area contributed by atoms with Gasteiger partial charge >= 0.3 is 0 Å². The van der Waals surface area contributed by atoms with E-state index in [4.69, 9.17) is 0 Å². The van der Waals surface area contributed by atoms with Crippen LogP contribution in [0.2, 0.25) is 0 Å². The second-order valence-electron chi connectivity index (χ2n) is 5.71. The van der Waals surface area contributed by atoms with E-state index in [1.54, 1.807) is 12.1 Å². The van der Waals surface area contributed by atoms with Crippen LogP contribution in [0.3, 0.4) is 0 Å². The lowest BCUT2D eigenvalue weighted by molar-refractivity contribution is -0.124. The van der Waals surface area contributed by atoms with Gasteiger partial charge in [-0.25, -0.2) is 0 Å². The number of amides is 1. The first-order chi connectivity index (χ1) is 10.2. The van der Waals surface area contributed by atoms with Crippen LogP contribution in [0, 0.1) is 17.2 Å². The lowest BCUT2D eigenvalue weighted by atomic mass is 9.85. The molecule has 1 amide bonds. The Hall–Kier alpha value is -2.35. The van der Waals surface area contributed by atoms with Gasteiger partial charge in [-0.15, -0.1) is 0 Å². The minimum atomic E-state index is 0.151. The zero-order valence-corrected chi connectivity index (χ0v) is 11.7. The number of carbonyl (C=O) groups is 2. The van der Waals surface area contributed by atoms with E-state index in [0.717, 1.165) is 37.9 Å². The van der Waals surface area contributed by atoms with Crippen LogP contribution in [0.5, 0.6) is 0 Å². The van der Waals surface area contributed by atoms with Gasteiger partial charge in [0.15, 0.2) is 0 Å². The van der Waals surface area contributed by atoms with Crippen molar-refractivity contribution in [3.63, 3.8) is 0 Å². The molecule has 2 aliphatic heterocycles. The number of benzene rings is 1. The summed E-state index contributed by atoms with van der Waals surface area (Å²) in [4.78, 5) is 24.5. The molecular formula is C16H17N3O2. The van der Waals surface area contributed by atoms with Crippen molar-refractivity contribution in [2.24, 2.45) is 5.92 Å². The molecule has 2 atom stereocenters. The first kappa shape index (κ1) is 13.6. The number of nitrogens with one attached hydrogen (secondary N) is 1. The number of hydrogen-bond acceptors (Lipinski definition) is 4. The fourth-order valence-electron chi connectivity index (χ4n) is 3.32. The van der Waals surface area contributed by atoms with E-state index in [9.17, 15) is 14.9 Å². The molecule has 0 saturated carbocycles. The second-order valence-corrected chi connectivity index (χ2v) is 5.71. The third-order valence-electron chi connectivity index (χ3n) is 4.44. The molecule has 2 aliphatic rings.